The minimum atomic E-state index is 0.378. The minimum absolute atomic E-state index is 0.378. The van der Waals surface area contributed by atoms with Gasteiger partial charge in [0.2, 0.25) is 0 Å². The average Bonchev–Trinajstić information content (AvgIpc) is 2.84. The average molecular weight is 269 g/mol. The zero-order chi connectivity index (χ0) is 14.1. The van der Waals surface area contributed by atoms with E-state index in [-0.39, 0.29) is 0 Å². The molecule has 0 saturated heterocycles. The van der Waals surface area contributed by atoms with Crippen LogP contribution in [0.5, 0.6) is 11.5 Å². The van der Waals surface area contributed by atoms with Crippen LogP contribution in [-0.4, -0.2) is 21.3 Å². The maximum absolute atomic E-state index is 5.32. The first-order valence-corrected chi connectivity index (χ1v) is 6.76. The zero-order valence-corrected chi connectivity index (χ0v) is 12.1. The summed E-state index contributed by atoms with van der Waals surface area (Å²) >= 11 is 0. The number of benzene rings is 2. The Bertz CT molecular complexity index is 607. The first-order chi connectivity index (χ1) is 9.72. The van der Waals surface area contributed by atoms with Crippen LogP contribution in [0.25, 0.3) is 0 Å². The lowest BCUT2D eigenvalue weighted by atomic mass is 10.0. The largest absolute Gasteiger partial charge is 0.497 e. The summed E-state index contributed by atoms with van der Waals surface area (Å²) in [5, 5.41) is 0. The summed E-state index contributed by atoms with van der Waals surface area (Å²) in [5.41, 5.74) is 3.93. The number of ether oxygens (including phenoxy) is 2. The number of methoxy groups -OCH3 is 2. The van der Waals surface area contributed by atoms with Crippen molar-refractivity contribution in [3.05, 3.63) is 53.6 Å². The van der Waals surface area contributed by atoms with Crippen LogP contribution in [0.1, 0.15) is 17.2 Å². The van der Waals surface area contributed by atoms with Gasteiger partial charge in [-0.3, -0.25) is 0 Å². The van der Waals surface area contributed by atoms with Crippen molar-refractivity contribution >= 4 is 5.69 Å². The molecule has 1 atom stereocenters. The van der Waals surface area contributed by atoms with Gasteiger partial charge in [0.15, 0.2) is 0 Å². The van der Waals surface area contributed by atoms with Crippen LogP contribution in [0.15, 0.2) is 42.5 Å². The number of hydrogen-bond acceptors (Lipinski definition) is 3. The highest BCUT2D eigenvalue weighted by Gasteiger charge is 2.27. The molecule has 0 N–H and O–H groups in total. The molecule has 2 aromatic carbocycles. The molecule has 2 aromatic rings. The smallest absolute Gasteiger partial charge is 0.120 e. The monoisotopic (exact) mass is 269 g/mol. The van der Waals surface area contributed by atoms with E-state index in [0.29, 0.717) is 6.04 Å². The van der Waals surface area contributed by atoms with E-state index in [9.17, 15) is 0 Å². The molecule has 0 aromatic heterocycles. The molecular weight excluding hydrogens is 250 g/mol. The maximum Gasteiger partial charge on any atom is 0.120 e. The maximum atomic E-state index is 5.32. The second-order valence-corrected chi connectivity index (χ2v) is 5.10. The fourth-order valence-electron chi connectivity index (χ4n) is 2.85. The second kappa shape index (κ2) is 5.08. The van der Waals surface area contributed by atoms with Crippen molar-refractivity contribution < 1.29 is 9.47 Å². The summed E-state index contributed by atoms with van der Waals surface area (Å²) < 4.78 is 10.5. The van der Waals surface area contributed by atoms with Crippen LogP contribution < -0.4 is 14.4 Å². The highest BCUT2D eigenvalue weighted by Crippen LogP contribution is 2.41. The fourth-order valence-corrected chi connectivity index (χ4v) is 2.85. The van der Waals surface area contributed by atoms with Gasteiger partial charge in [-0.1, -0.05) is 18.2 Å². The molecule has 3 rings (SSSR count). The Balaban J connectivity index is 1.90. The summed E-state index contributed by atoms with van der Waals surface area (Å²) in [4.78, 5) is 2.32. The first kappa shape index (κ1) is 12.9. The molecule has 0 aliphatic carbocycles. The second-order valence-electron chi connectivity index (χ2n) is 5.10. The summed E-state index contributed by atoms with van der Waals surface area (Å²) in [6.45, 7) is 0. The molecule has 20 heavy (non-hydrogen) atoms. The number of rotatable bonds is 3. The van der Waals surface area contributed by atoms with Gasteiger partial charge in [0, 0.05) is 18.8 Å². The highest BCUT2D eigenvalue weighted by molar-refractivity contribution is 5.63. The van der Waals surface area contributed by atoms with Crippen molar-refractivity contribution in [3.8, 4) is 11.5 Å². The number of fused-ring (bicyclic) bond motifs is 1. The fraction of sp³-hybridized carbons (Fsp3) is 0.294. The molecular formula is C17H19NO2. The molecule has 1 heterocycles. The van der Waals surface area contributed by atoms with E-state index in [4.69, 9.17) is 9.47 Å². The van der Waals surface area contributed by atoms with Crippen LogP contribution in [-0.2, 0) is 6.42 Å². The molecule has 1 aliphatic heterocycles. The van der Waals surface area contributed by atoms with E-state index in [2.05, 4.69) is 36.2 Å². The number of anilines is 1. The SMILES string of the molecule is COc1ccc(C2Cc3ccc(OC)cc3N2C)cc1. The van der Waals surface area contributed by atoms with Crippen LogP contribution in [0.4, 0.5) is 5.69 Å². The van der Waals surface area contributed by atoms with Gasteiger partial charge >= 0.3 is 0 Å². The quantitative estimate of drug-likeness (QED) is 0.852. The van der Waals surface area contributed by atoms with E-state index in [1.54, 1.807) is 14.2 Å². The van der Waals surface area contributed by atoms with E-state index < -0.39 is 0 Å². The van der Waals surface area contributed by atoms with Crippen molar-refractivity contribution in [2.24, 2.45) is 0 Å². The van der Waals surface area contributed by atoms with Gasteiger partial charge in [-0.15, -0.1) is 0 Å². The van der Waals surface area contributed by atoms with Gasteiger partial charge in [-0.05, 0) is 35.7 Å². The summed E-state index contributed by atoms with van der Waals surface area (Å²) in [6.07, 6.45) is 1.03. The third-order valence-electron chi connectivity index (χ3n) is 4.05. The molecule has 0 saturated carbocycles. The number of nitrogens with zero attached hydrogens (tertiary/aromatic N) is 1. The van der Waals surface area contributed by atoms with Crippen molar-refractivity contribution in [1.29, 1.82) is 0 Å². The van der Waals surface area contributed by atoms with Gasteiger partial charge < -0.3 is 14.4 Å². The molecule has 3 heteroatoms. The van der Waals surface area contributed by atoms with Crippen LogP contribution in [0, 0.1) is 0 Å². The van der Waals surface area contributed by atoms with Gasteiger partial charge in [0.1, 0.15) is 11.5 Å². The number of hydrogen-bond donors (Lipinski definition) is 0. The molecule has 0 bridgehead atoms. The third kappa shape index (κ3) is 2.09. The summed E-state index contributed by atoms with van der Waals surface area (Å²) in [6, 6.07) is 15.0. The highest BCUT2D eigenvalue weighted by atomic mass is 16.5. The lowest BCUT2D eigenvalue weighted by Gasteiger charge is -2.23. The van der Waals surface area contributed by atoms with E-state index in [1.807, 2.05) is 18.2 Å². The molecule has 1 aliphatic rings. The van der Waals surface area contributed by atoms with Crippen LogP contribution >= 0.6 is 0 Å². The standard InChI is InChI=1S/C17H19NO2/c1-18-16(12-4-7-14(19-2)8-5-12)10-13-6-9-15(20-3)11-17(13)18/h4-9,11,16H,10H2,1-3H3. The van der Waals surface area contributed by atoms with Crippen LogP contribution in [0.3, 0.4) is 0 Å². The van der Waals surface area contributed by atoms with E-state index in [0.717, 1.165) is 17.9 Å². The Morgan fingerprint density at radius 2 is 1.60 bits per heavy atom. The topological polar surface area (TPSA) is 21.7 Å². The summed E-state index contributed by atoms with van der Waals surface area (Å²) in [5.74, 6) is 1.81. The minimum Gasteiger partial charge on any atom is -0.497 e. The predicted molar refractivity (Wildman–Crippen MR) is 80.8 cm³/mol. The van der Waals surface area contributed by atoms with Crippen molar-refractivity contribution in [3.63, 3.8) is 0 Å². The van der Waals surface area contributed by atoms with Gasteiger partial charge in [-0.2, -0.15) is 0 Å². The van der Waals surface area contributed by atoms with Gasteiger partial charge in [-0.25, -0.2) is 0 Å². The van der Waals surface area contributed by atoms with E-state index >= 15 is 0 Å². The molecule has 0 spiro atoms. The van der Waals surface area contributed by atoms with Gasteiger partial charge in [0.05, 0.1) is 20.3 Å². The molecule has 0 fully saturated rings. The lowest BCUT2D eigenvalue weighted by molar-refractivity contribution is 0.414. The summed E-state index contributed by atoms with van der Waals surface area (Å²) in [7, 11) is 5.54. The van der Waals surface area contributed by atoms with Gasteiger partial charge in [0.25, 0.3) is 0 Å². The Kier molecular flexibility index (Phi) is 3.26. The predicted octanol–water partition coefficient (Wildman–Crippen LogP) is 3.44. The Morgan fingerprint density at radius 1 is 0.950 bits per heavy atom. The molecule has 0 radical (unpaired) electrons. The van der Waals surface area contributed by atoms with Crippen molar-refractivity contribution in [2.45, 2.75) is 12.5 Å². The Morgan fingerprint density at radius 3 is 2.25 bits per heavy atom. The molecule has 3 nitrogen and oxygen atoms in total. The first-order valence-electron chi connectivity index (χ1n) is 6.76. The van der Waals surface area contributed by atoms with Crippen molar-refractivity contribution in [2.75, 3.05) is 26.2 Å². The lowest BCUT2D eigenvalue weighted by Crippen LogP contribution is -2.19. The van der Waals surface area contributed by atoms with Crippen molar-refractivity contribution in [1.82, 2.24) is 0 Å². The molecule has 1 unspecified atom stereocenters. The zero-order valence-electron chi connectivity index (χ0n) is 12.1. The normalized spacial score (nSPS) is 16.9. The number of likely N-dealkylation sites (N-methyl/N-ethyl adjacent to an activating group) is 1. The third-order valence-corrected chi connectivity index (χ3v) is 4.05. The van der Waals surface area contributed by atoms with Crippen LogP contribution in [0.2, 0.25) is 0 Å². The molecule has 104 valence electrons. The van der Waals surface area contributed by atoms with E-state index in [1.165, 1.54) is 16.8 Å². The Hall–Kier alpha value is -2.16. The Labute approximate surface area is 119 Å². The molecule has 0 amide bonds.